The van der Waals surface area contributed by atoms with Gasteiger partial charge in [0.15, 0.2) is 11.2 Å². The van der Waals surface area contributed by atoms with Crippen molar-refractivity contribution in [1.29, 1.82) is 0 Å². The lowest BCUT2D eigenvalue weighted by molar-refractivity contribution is -0.121. The molecule has 2 aromatic heterocycles. The maximum absolute atomic E-state index is 12.8. The fraction of sp³-hybridized carbons (Fsp3) is 0.538. The molecule has 1 aliphatic rings. The molecule has 0 bridgehead atoms. The summed E-state index contributed by atoms with van der Waals surface area (Å²) in [5.41, 5.74) is -1.42. The number of imidazole rings is 1. The molecule has 0 N–H and O–H groups in total. The van der Waals surface area contributed by atoms with E-state index in [1.807, 2.05) is 0 Å². The molecule has 20 heavy (non-hydrogen) atoms. The monoisotopic (exact) mass is 279 g/mol. The molecule has 7 heteroatoms. The molecule has 0 aliphatic heterocycles. The van der Waals surface area contributed by atoms with Gasteiger partial charge in [0.25, 0.3) is 5.56 Å². The summed E-state index contributed by atoms with van der Waals surface area (Å²) in [4.78, 5) is 40.8. The predicted octanol–water partition coefficient (Wildman–Crippen LogP) is 0.118. The first-order valence-corrected chi connectivity index (χ1v) is 6.42. The minimum atomic E-state index is -2.58. The van der Waals surface area contributed by atoms with E-state index in [0.29, 0.717) is 19.3 Å². The van der Waals surface area contributed by atoms with Gasteiger partial charge in [-0.25, -0.2) is 9.78 Å². The molecule has 1 aliphatic carbocycles. The van der Waals surface area contributed by atoms with E-state index in [1.165, 1.54) is 7.05 Å². The average molecular weight is 279 g/mol. The third kappa shape index (κ3) is 1.73. The van der Waals surface area contributed by atoms with Crippen LogP contribution in [0, 0.1) is 0 Å². The average Bonchev–Trinajstić information content (AvgIpc) is 2.90. The maximum Gasteiger partial charge on any atom is 0.332 e. The number of rotatable bonds is 1. The van der Waals surface area contributed by atoms with E-state index in [4.69, 9.17) is 4.11 Å². The largest absolute Gasteiger partial charge is 0.332 e. The zero-order valence-corrected chi connectivity index (χ0v) is 11.0. The number of aromatic nitrogens is 4. The van der Waals surface area contributed by atoms with Crippen LogP contribution in [0.2, 0.25) is 0 Å². The van der Waals surface area contributed by atoms with E-state index in [9.17, 15) is 14.4 Å². The van der Waals surface area contributed by atoms with Gasteiger partial charge in [0, 0.05) is 37.0 Å². The summed E-state index contributed by atoms with van der Waals surface area (Å²) in [6, 6.07) is -0.535. The topological polar surface area (TPSA) is 78.9 Å². The zero-order valence-electron chi connectivity index (χ0n) is 14.0. The van der Waals surface area contributed by atoms with Crippen LogP contribution in [0.15, 0.2) is 15.9 Å². The first-order chi connectivity index (χ1) is 10.7. The summed E-state index contributed by atoms with van der Waals surface area (Å²) in [5, 5.41) is 0. The van der Waals surface area contributed by atoms with Gasteiger partial charge in [0.1, 0.15) is 5.78 Å². The number of hydrogen-bond acceptors (Lipinski definition) is 4. The van der Waals surface area contributed by atoms with Gasteiger partial charge in [0.05, 0.1) is 6.33 Å². The van der Waals surface area contributed by atoms with E-state index in [-0.39, 0.29) is 23.4 Å². The Hall–Kier alpha value is -2.18. The van der Waals surface area contributed by atoms with Crippen LogP contribution in [-0.4, -0.2) is 24.5 Å². The van der Waals surface area contributed by atoms with Crippen molar-refractivity contribution in [1.82, 2.24) is 18.7 Å². The molecule has 0 aromatic carbocycles. The molecule has 1 unspecified atom stereocenters. The Morgan fingerprint density at radius 3 is 2.90 bits per heavy atom. The Balaban J connectivity index is 2.33. The predicted molar refractivity (Wildman–Crippen MR) is 72.7 cm³/mol. The highest BCUT2D eigenvalue weighted by atomic mass is 16.2. The summed E-state index contributed by atoms with van der Waals surface area (Å²) in [5.74, 6) is -0.000343. The van der Waals surface area contributed by atoms with E-state index in [2.05, 4.69) is 4.98 Å². The van der Waals surface area contributed by atoms with Crippen molar-refractivity contribution in [3.05, 3.63) is 27.2 Å². The van der Waals surface area contributed by atoms with E-state index in [1.54, 1.807) is 0 Å². The molecule has 0 radical (unpaired) electrons. The molecule has 0 saturated heterocycles. The molecular formula is C13H16N4O3. The van der Waals surface area contributed by atoms with Gasteiger partial charge in [-0.3, -0.25) is 18.7 Å². The van der Waals surface area contributed by atoms with E-state index >= 15 is 0 Å². The summed E-state index contributed by atoms with van der Waals surface area (Å²) in [6.45, 7) is -2.58. The van der Waals surface area contributed by atoms with Crippen molar-refractivity contribution in [3.63, 3.8) is 0 Å². The molecule has 1 atom stereocenters. The number of Topliss-reactive ketones (excluding diaryl/α,β-unsaturated/α-hetero) is 1. The van der Waals surface area contributed by atoms with Gasteiger partial charge in [0.2, 0.25) is 0 Å². The Bertz CT molecular complexity index is 906. The summed E-state index contributed by atoms with van der Waals surface area (Å²) in [6.07, 6.45) is 2.74. The van der Waals surface area contributed by atoms with Crippen LogP contribution >= 0.6 is 0 Å². The van der Waals surface area contributed by atoms with Crippen LogP contribution in [0.1, 0.15) is 35.8 Å². The molecule has 7 nitrogen and oxygen atoms in total. The van der Waals surface area contributed by atoms with Gasteiger partial charge in [-0.05, 0) is 12.8 Å². The zero-order chi connectivity index (χ0) is 16.9. The quantitative estimate of drug-likeness (QED) is 0.742. The molecule has 0 spiro atoms. The van der Waals surface area contributed by atoms with Crippen LogP contribution in [0.5, 0.6) is 0 Å². The highest BCUT2D eigenvalue weighted by Crippen LogP contribution is 2.23. The van der Waals surface area contributed by atoms with Crippen LogP contribution in [0.4, 0.5) is 0 Å². The summed E-state index contributed by atoms with van der Waals surface area (Å²) < 4.78 is 25.5. The van der Waals surface area contributed by atoms with Gasteiger partial charge < -0.3 is 4.57 Å². The summed E-state index contributed by atoms with van der Waals surface area (Å²) >= 11 is 0. The number of aryl methyl sites for hydroxylation is 2. The second kappa shape index (κ2) is 4.43. The van der Waals surface area contributed by atoms with Crippen molar-refractivity contribution in [2.45, 2.75) is 31.7 Å². The summed E-state index contributed by atoms with van der Waals surface area (Å²) in [7, 11) is 1.43. The van der Waals surface area contributed by atoms with Crippen LogP contribution in [-0.2, 0) is 18.8 Å². The van der Waals surface area contributed by atoms with E-state index < -0.39 is 24.3 Å². The second-order valence-corrected chi connectivity index (χ2v) is 5.09. The van der Waals surface area contributed by atoms with Gasteiger partial charge in [-0.2, -0.15) is 0 Å². The smallest absolute Gasteiger partial charge is 0.328 e. The van der Waals surface area contributed by atoms with Gasteiger partial charge in [-0.15, -0.1) is 0 Å². The van der Waals surface area contributed by atoms with Gasteiger partial charge >= 0.3 is 5.69 Å². The molecule has 2 heterocycles. The van der Waals surface area contributed by atoms with E-state index in [0.717, 1.165) is 20.0 Å². The van der Waals surface area contributed by atoms with Crippen molar-refractivity contribution in [2.24, 2.45) is 14.0 Å². The van der Waals surface area contributed by atoms with Crippen molar-refractivity contribution >= 4 is 16.9 Å². The Morgan fingerprint density at radius 2 is 2.20 bits per heavy atom. The van der Waals surface area contributed by atoms with Crippen LogP contribution in [0.3, 0.4) is 0 Å². The minimum absolute atomic E-state index is 0.000343. The first kappa shape index (κ1) is 9.68. The number of nitrogens with zero attached hydrogens (tertiary/aromatic N) is 4. The SMILES string of the molecule is [2H]C([2H])([2H])n1cnc2c1c(=O)n(C1CCCC(=O)C1)c(=O)n2C. The van der Waals surface area contributed by atoms with Crippen molar-refractivity contribution < 1.29 is 8.91 Å². The third-order valence-electron chi connectivity index (χ3n) is 3.80. The highest BCUT2D eigenvalue weighted by Gasteiger charge is 2.26. The van der Waals surface area contributed by atoms with Crippen molar-refractivity contribution in [2.75, 3.05) is 0 Å². The fourth-order valence-corrected chi connectivity index (χ4v) is 2.78. The third-order valence-corrected chi connectivity index (χ3v) is 3.80. The lowest BCUT2D eigenvalue weighted by Crippen LogP contribution is -2.43. The highest BCUT2D eigenvalue weighted by molar-refractivity contribution is 5.79. The molecule has 3 rings (SSSR count). The standard InChI is InChI=1S/C13H16N4O3/c1-15-7-14-11-10(15)12(19)17(13(20)16(11)2)8-4-3-5-9(18)6-8/h7-8H,3-6H2,1-2H3/i1D3. The van der Waals surface area contributed by atoms with Gasteiger partial charge in [-0.1, -0.05) is 0 Å². The first-order valence-electron chi connectivity index (χ1n) is 7.92. The lowest BCUT2D eigenvalue weighted by Gasteiger charge is -2.22. The number of fused-ring (bicyclic) bond motifs is 1. The molecule has 2 aromatic rings. The van der Waals surface area contributed by atoms with Crippen molar-refractivity contribution in [3.8, 4) is 0 Å². The lowest BCUT2D eigenvalue weighted by atomic mass is 9.94. The number of ketones is 1. The molecule has 1 saturated carbocycles. The van der Waals surface area contributed by atoms with Crippen LogP contribution in [0.25, 0.3) is 11.2 Å². The number of hydrogen-bond donors (Lipinski definition) is 0. The molecular weight excluding hydrogens is 260 g/mol. The molecule has 1 fully saturated rings. The molecule has 0 amide bonds. The fourth-order valence-electron chi connectivity index (χ4n) is 2.78. The normalized spacial score (nSPS) is 22.6. The molecule has 106 valence electrons. The maximum atomic E-state index is 12.8. The second-order valence-electron chi connectivity index (χ2n) is 5.09. The number of carbonyl (C=O) groups excluding carboxylic acids is 1. The Kier molecular flexibility index (Phi) is 2.15. The van der Waals surface area contributed by atoms with Crippen LogP contribution < -0.4 is 11.2 Å². The minimum Gasteiger partial charge on any atom is -0.328 e. The number of carbonyl (C=O) groups is 1. The Morgan fingerprint density at radius 1 is 1.40 bits per heavy atom. The Labute approximate surface area is 118 Å².